The predicted octanol–water partition coefficient (Wildman–Crippen LogP) is 4.07. The van der Waals surface area contributed by atoms with Gasteiger partial charge in [0, 0.05) is 4.48 Å². The van der Waals surface area contributed by atoms with E-state index in [9.17, 15) is 4.79 Å². The van der Waals surface area contributed by atoms with Gasteiger partial charge in [-0.25, -0.2) is 4.79 Å². The summed E-state index contributed by atoms with van der Waals surface area (Å²) < 4.78 is 0.689. The molecule has 0 aliphatic rings. The molecule has 0 unspecified atom stereocenters. The Labute approximate surface area is 104 Å². The summed E-state index contributed by atoms with van der Waals surface area (Å²) in [6.45, 7) is 2.05. The highest BCUT2D eigenvalue weighted by molar-refractivity contribution is 9.15. The van der Waals surface area contributed by atoms with Crippen LogP contribution in [0.3, 0.4) is 0 Å². The molecule has 0 aliphatic carbocycles. The van der Waals surface area contributed by atoms with E-state index in [1.165, 1.54) is 0 Å². The van der Waals surface area contributed by atoms with Crippen molar-refractivity contribution in [3.63, 3.8) is 0 Å². The third-order valence-corrected chi connectivity index (χ3v) is 3.27. The Morgan fingerprint density at radius 1 is 1.31 bits per heavy atom. The molecule has 1 aromatic rings. The Kier molecular flexibility index (Phi) is 5.26. The number of benzene rings is 1. The standard InChI is InChI=1S/C13H15BrO2/c1-2-3-9-11(13(15)16)12(14)10-7-5-4-6-8-10/h4-8H,2-3,9H2,1H3,(H,15,16)/b12-11-. The van der Waals surface area contributed by atoms with E-state index in [0.717, 1.165) is 18.4 Å². The minimum absolute atomic E-state index is 0.452. The van der Waals surface area contributed by atoms with Gasteiger partial charge in [0.05, 0.1) is 5.57 Å². The second-order valence-corrected chi connectivity index (χ2v) is 4.36. The molecule has 1 N–H and O–H groups in total. The van der Waals surface area contributed by atoms with Crippen LogP contribution in [0.5, 0.6) is 0 Å². The van der Waals surface area contributed by atoms with Crippen molar-refractivity contribution in [3.05, 3.63) is 41.5 Å². The normalized spacial score (nSPS) is 12.1. The molecule has 0 saturated carbocycles. The summed E-state index contributed by atoms with van der Waals surface area (Å²) in [6.07, 6.45) is 2.48. The van der Waals surface area contributed by atoms with Crippen LogP contribution in [-0.4, -0.2) is 11.1 Å². The van der Waals surface area contributed by atoms with Gasteiger partial charge in [-0.05, 0) is 34.3 Å². The zero-order chi connectivity index (χ0) is 12.0. The number of aliphatic carboxylic acids is 1. The second kappa shape index (κ2) is 6.48. The van der Waals surface area contributed by atoms with Gasteiger partial charge < -0.3 is 5.11 Å². The molecular weight excluding hydrogens is 268 g/mol. The molecular formula is C13H15BrO2. The van der Waals surface area contributed by atoms with Crippen LogP contribution in [0.2, 0.25) is 0 Å². The van der Waals surface area contributed by atoms with Crippen LogP contribution in [0.1, 0.15) is 31.7 Å². The van der Waals surface area contributed by atoms with Crippen LogP contribution in [0, 0.1) is 0 Å². The van der Waals surface area contributed by atoms with Crippen molar-refractivity contribution < 1.29 is 9.90 Å². The number of halogens is 1. The molecule has 0 fully saturated rings. The summed E-state index contributed by atoms with van der Waals surface area (Å²) in [5.41, 5.74) is 1.36. The summed E-state index contributed by atoms with van der Waals surface area (Å²) in [6, 6.07) is 9.51. The van der Waals surface area contributed by atoms with Gasteiger partial charge in [0.2, 0.25) is 0 Å². The van der Waals surface area contributed by atoms with Gasteiger partial charge in [-0.15, -0.1) is 0 Å². The van der Waals surface area contributed by atoms with Gasteiger partial charge in [-0.3, -0.25) is 0 Å². The molecule has 86 valence electrons. The van der Waals surface area contributed by atoms with Gasteiger partial charge in [0.25, 0.3) is 0 Å². The molecule has 0 heterocycles. The number of carbonyl (C=O) groups is 1. The molecule has 0 bridgehead atoms. The molecule has 0 radical (unpaired) electrons. The van der Waals surface area contributed by atoms with Crippen molar-refractivity contribution >= 4 is 26.4 Å². The van der Waals surface area contributed by atoms with Crippen LogP contribution in [0.4, 0.5) is 0 Å². The maximum absolute atomic E-state index is 11.1. The molecule has 0 amide bonds. The van der Waals surface area contributed by atoms with Crippen LogP contribution in [-0.2, 0) is 4.79 Å². The molecule has 3 heteroatoms. The fourth-order valence-electron chi connectivity index (χ4n) is 1.42. The summed E-state index contributed by atoms with van der Waals surface area (Å²) in [4.78, 5) is 11.1. The van der Waals surface area contributed by atoms with Gasteiger partial charge in [0.15, 0.2) is 0 Å². The molecule has 0 spiro atoms. The van der Waals surface area contributed by atoms with Gasteiger partial charge in [0.1, 0.15) is 0 Å². The number of hydrogen-bond acceptors (Lipinski definition) is 1. The van der Waals surface area contributed by atoms with Crippen LogP contribution in [0.25, 0.3) is 4.48 Å². The molecule has 0 atom stereocenters. The summed E-state index contributed by atoms with van der Waals surface area (Å²) >= 11 is 3.38. The zero-order valence-electron chi connectivity index (χ0n) is 9.24. The third-order valence-electron chi connectivity index (χ3n) is 2.33. The minimum atomic E-state index is -0.843. The topological polar surface area (TPSA) is 37.3 Å². The van der Waals surface area contributed by atoms with Crippen molar-refractivity contribution in [2.24, 2.45) is 0 Å². The van der Waals surface area contributed by atoms with Crippen molar-refractivity contribution in [2.75, 3.05) is 0 Å². The average Bonchev–Trinajstić information content (AvgIpc) is 2.30. The first kappa shape index (κ1) is 13.0. The molecule has 1 aromatic carbocycles. The maximum Gasteiger partial charge on any atom is 0.332 e. The second-order valence-electron chi connectivity index (χ2n) is 3.57. The van der Waals surface area contributed by atoms with E-state index >= 15 is 0 Å². The quantitative estimate of drug-likeness (QED) is 0.827. The van der Waals surface area contributed by atoms with Crippen LogP contribution < -0.4 is 0 Å². The monoisotopic (exact) mass is 282 g/mol. The largest absolute Gasteiger partial charge is 0.478 e. The molecule has 16 heavy (non-hydrogen) atoms. The van der Waals surface area contributed by atoms with E-state index < -0.39 is 5.97 Å². The number of carboxylic acids is 1. The lowest BCUT2D eigenvalue weighted by Gasteiger charge is -2.06. The third kappa shape index (κ3) is 3.49. The Hall–Kier alpha value is -1.09. The fraction of sp³-hybridized carbons (Fsp3) is 0.308. The van der Waals surface area contributed by atoms with E-state index in [4.69, 9.17) is 5.11 Å². The number of hydrogen-bond donors (Lipinski definition) is 1. The smallest absolute Gasteiger partial charge is 0.332 e. The van der Waals surface area contributed by atoms with Crippen molar-refractivity contribution in [2.45, 2.75) is 26.2 Å². The lowest BCUT2D eigenvalue weighted by Crippen LogP contribution is -2.02. The van der Waals surface area contributed by atoms with Gasteiger partial charge in [-0.1, -0.05) is 43.7 Å². The Morgan fingerprint density at radius 3 is 2.44 bits per heavy atom. The Morgan fingerprint density at radius 2 is 1.94 bits per heavy atom. The lowest BCUT2D eigenvalue weighted by atomic mass is 10.1. The first-order valence-electron chi connectivity index (χ1n) is 5.34. The SMILES string of the molecule is CCCC/C(C(=O)O)=C(/Br)c1ccccc1. The number of rotatable bonds is 5. The summed E-state index contributed by atoms with van der Waals surface area (Å²) in [5.74, 6) is -0.843. The lowest BCUT2D eigenvalue weighted by molar-refractivity contribution is -0.132. The van der Waals surface area contributed by atoms with E-state index in [2.05, 4.69) is 22.9 Å². The highest BCUT2D eigenvalue weighted by atomic mass is 79.9. The Balaban J connectivity index is 3.01. The van der Waals surface area contributed by atoms with Gasteiger partial charge in [-0.2, -0.15) is 0 Å². The molecule has 2 nitrogen and oxygen atoms in total. The average molecular weight is 283 g/mol. The van der Waals surface area contributed by atoms with E-state index in [-0.39, 0.29) is 0 Å². The summed E-state index contributed by atoms with van der Waals surface area (Å²) in [5, 5.41) is 9.14. The van der Waals surface area contributed by atoms with Gasteiger partial charge >= 0.3 is 5.97 Å². The van der Waals surface area contributed by atoms with Crippen LogP contribution >= 0.6 is 15.9 Å². The predicted molar refractivity (Wildman–Crippen MR) is 69.4 cm³/mol. The number of unbranched alkanes of at least 4 members (excludes halogenated alkanes) is 1. The summed E-state index contributed by atoms with van der Waals surface area (Å²) in [7, 11) is 0. The van der Waals surface area contributed by atoms with E-state index in [0.29, 0.717) is 16.5 Å². The van der Waals surface area contributed by atoms with Crippen molar-refractivity contribution in [3.8, 4) is 0 Å². The first-order valence-corrected chi connectivity index (χ1v) is 6.13. The zero-order valence-corrected chi connectivity index (χ0v) is 10.8. The first-order chi connectivity index (χ1) is 7.66. The highest BCUT2D eigenvalue weighted by Gasteiger charge is 2.13. The molecule has 0 aliphatic heterocycles. The fourth-order valence-corrected chi connectivity index (χ4v) is 2.06. The van der Waals surface area contributed by atoms with Crippen molar-refractivity contribution in [1.29, 1.82) is 0 Å². The Bertz CT molecular complexity index is 382. The molecule has 0 saturated heterocycles. The van der Waals surface area contributed by atoms with E-state index in [1.54, 1.807) is 0 Å². The van der Waals surface area contributed by atoms with Crippen LogP contribution in [0.15, 0.2) is 35.9 Å². The maximum atomic E-state index is 11.1. The molecule has 0 aromatic heterocycles. The number of carboxylic acid groups (broad SMARTS) is 1. The minimum Gasteiger partial charge on any atom is -0.478 e. The van der Waals surface area contributed by atoms with Crippen molar-refractivity contribution in [1.82, 2.24) is 0 Å². The molecule has 1 rings (SSSR count). The van der Waals surface area contributed by atoms with E-state index in [1.807, 2.05) is 30.3 Å². The highest BCUT2D eigenvalue weighted by Crippen LogP contribution is 2.28.